The van der Waals surface area contributed by atoms with Crippen LogP contribution >= 0.6 is 34.5 Å². The Morgan fingerprint density at radius 1 is 1.56 bits per heavy atom. The molecule has 1 fully saturated rings. The van der Waals surface area contributed by atoms with Gasteiger partial charge in [0.05, 0.1) is 34.0 Å². The second-order valence-corrected chi connectivity index (χ2v) is 6.16. The van der Waals surface area contributed by atoms with Crippen molar-refractivity contribution in [3.8, 4) is 0 Å². The molecule has 2 rings (SSSR count). The van der Waals surface area contributed by atoms with Crippen molar-refractivity contribution in [1.82, 2.24) is 5.32 Å². The van der Waals surface area contributed by atoms with Gasteiger partial charge in [-0.1, -0.05) is 23.2 Å². The van der Waals surface area contributed by atoms with Gasteiger partial charge in [-0.2, -0.15) is 0 Å². The van der Waals surface area contributed by atoms with Crippen LogP contribution in [0.1, 0.15) is 18.5 Å². The van der Waals surface area contributed by atoms with E-state index in [-0.39, 0.29) is 12.1 Å². The topological polar surface area (TPSA) is 41.5 Å². The largest absolute Gasteiger partial charge is 0.389 e. The van der Waals surface area contributed by atoms with E-state index in [1.54, 1.807) is 0 Å². The Kier molecular flexibility index (Phi) is 4.11. The zero-order valence-corrected chi connectivity index (χ0v) is 11.1. The van der Waals surface area contributed by atoms with Crippen LogP contribution in [0.3, 0.4) is 0 Å². The molecule has 0 radical (unpaired) electrons. The van der Waals surface area contributed by atoms with Crippen LogP contribution in [0.4, 0.5) is 0 Å². The summed E-state index contributed by atoms with van der Waals surface area (Å²) in [6.07, 6.45) is -0.449. The minimum atomic E-state index is -0.449. The van der Waals surface area contributed by atoms with E-state index in [2.05, 4.69) is 5.32 Å². The number of nitrogens with one attached hydrogen (secondary N) is 1. The van der Waals surface area contributed by atoms with Gasteiger partial charge >= 0.3 is 0 Å². The van der Waals surface area contributed by atoms with Gasteiger partial charge in [-0.05, 0) is 18.6 Å². The predicted molar refractivity (Wildman–Crippen MR) is 66.5 cm³/mol. The van der Waals surface area contributed by atoms with Gasteiger partial charge in [0.2, 0.25) is 0 Å². The van der Waals surface area contributed by atoms with E-state index in [9.17, 15) is 5.11 Å². The van der Waals surface area contributed by atoms with Crippen molar-refractivity contribution in [3.05, 3.63) is 20.3 Å². The molecule has 16 heavy (non-hydrogen) atoms. The molecule has 6 heteroatoms. The van der Waals surface area contributed by atoms with Gasteiger partial charge in [-0.15, -0.1) is 11.3 Å². The molecule has 90 valence electrons. The predicted octanol–water partition coefficient (Wildman–Crippen LogP) is 2.47. The van der Waals surface area contributed by atoms with Gasteiger partial charge in [0.15, 0.2) is 0 Å². The van der Waals surface area contributed by atoms with Crippen molar-refractivity contribution < 1.29 is 9.84 Å². The van der Waals surface area contributed by atoms with Crippen LogP contribution < -0.4 is 5.32 Å². The van der Waals surface area contributed by atoms with Crippen molar-refractivity contribution in [2.75, 3.05) is 13.2 Å². The minimum absolute atomic E-state index is 0.0373. The summed E-state index contributed by atoms with van der Waals surface area (Å²) >= 11 is 13.3. The van der Waals surface area contributed by atoms with Gasteiger partial charge in [0, 0.05) is 6.04 Å². The molecule has 2 heterocycles. The Morgan fingerprint density at radius 3 is 2.81 bits per heavy atom. The summed E-state index contributed by atoms with van der Waals surface area (Å²) in [5, 5.41) is 12.9. The van der Waals surface area contributed by atoms with E-state index in [0.29, 0.717) is 21.9 Å². The van der Waals surface area contributed by atoms with E-state index in [1.165, 1.54) is 11.3 Å². The third-order valence-electron chi connectivity index (χ3n) is 2.66. The summed E-state index contributed by atoms with van der Waals surface area (Å²) in [4.78, 5) is 0. The third kappa shape index (κ3) is 2.70. The van der Waals surface area contributed by atoms with Gasteiger partial charge in [0.1, 0.15) is 0 Å². The Bertz CT molecular complexity index is 372. The molecule has 0 amide bonds. The maximum atomic E-state index is 9.62. The van der Waals surface area contributed by atoms with E-state index < -0.39 is 6.10 Å². The van der Waals surface area contributed by atoms with Crippen LogP contribution in [-0.2, 0) is 4.74 Å². The molecule has 3 atom stereocenters. The Morgan fingerprint density at radius 2 is 2.31 bits per heavy atom. The second-order valence-electron chi connectivity index (χ2n) is 3.88. The molecular formula is C10H13Cl2NO2S. The summed E-state index contributed by atoms with van der Waals surface area (Å²) in [6.45, 7) is 2.92. The molecule has 3 unspecified atom stereocenters. The maximum absolute atomic E-state index is 9.62. The lowest BCUT2D eigenvalue weighted by molar-refractivity contribution is 0.121. The zero-order chi connectivity index (χ0) is 11.7. The fraction of sp³-hybridized carbons (Fsp3) is 0.600. The molecule has 0 saturated carbocycles. The summed E-state index contributed by atoms with van der Waals surface area (Å²) in [5.41, 5.74) is 0.968. The lowest BCUT2D eigenvalue weighted by atomic mass is 10.1. The van der Waals surface area contributed by atoms with Crippen molar-refractivity contribution in [2.24, 2.45) is 0 Å². The van der Waals surface area contributed by atoms with Gasteiger partial charge in [-0.3, -0.25) is 0 Å². The molecule has 3 nitrogen and oxygen atoms in total. The molecule has 1 aliphatic rings. The lowest BCUT2D eigenvalue weighted by Gasteiger charge is -2.20. The van der Waals surface area contributed by atoms with Crippen LogP contribution in [0.15, 0.2) is 6.07 Å². The number of halogens is 2. The number of ether oxygens (including phenoxy) is 1. The SMILES string of the molecule is CC(NC1COCC1O)c1cc(Cl)sc1Cl. The van der Waals surface area contributed by atoms with E-state index >= 15 is 0 Å². The summed E-state index contributed by atoms with van der Waals surface area (Å²) in [6, 6.07) is 1.87. The number of aliphatic hydroxyl groups is 1. The molecule has 1 aromatic heterocycles. The molecular weight excluding hydrogens is 269 g/mol. The van der Waals surface area contributed by atoms with Crippen LogP contribution in [-0.4, -0.2) is 30.5 Å². The van der Waals surface area contributed by atoms with Crippen LogP contribution in [0, 0.1) is 0 Å². The third-order valence-corrected chi connectivity index (χ3v) is 4.18. The van der Waals surface area contributed by atoms with Crippen molar-refractivity contribution in [3.63, 3.8) is 0 Å². The molecule has 0 spiro atoms. The van der Waals surface area contributed by atoms with Gasteiger partial charge in [-0.25, -0.2) is 0 Å². The minimum Gasteiger partial charge on any atom is -0.389 e. The number of thiophene rings is 1. The highest BCUT2D eigenvalue weighted by molar-refractivity contribution is 7.20. The van der Waals surface area contributed by atoms with Crippen molar-refractivity contribution in [2.45, 2.75) is 25.1 Å². The first-order valence-corrected chi connectivity index (χ1v) is 6.61. The van der Waals surface area contributed by atoms with Gasteiger partial charge < -0.3 is 15.2 Å². The van der Waals surface area contributed by atoms with E-state index in [0.717, 1.165) is 5.56 Å². The number of hydrogen-bond acceptors (Lipinski definition) is 4. The van der Waals surface area contributed by atoms with Crippen molar-refractivity contribution in [1.29, 1.82) is 0 Å². The first-order chi connectivity index (χ1) is 7.58. The summed E-state index contributed by atoms with van der Waals surface area (Å²) in [7, 11) is 0. The fourth-order valence-electron chi connectivity index (χ4n) is 1.76. The number of rotatable bonds is 3. The molecule has 0 bridgehead atoms. The van der Waals surface area contributed by atoms with Gasteiger partial charge in [0.25, 0.3) is 0 Å². The standard InChI is InChI=1S/C10H13Cl2NO2S/c1-5(6-2-9(11)16-10(6)12)13-7-3-15-4-8(7)14/h2,5,7-8,13-14H,3-4H2,1H3. The molecule has 1 aliphatic heterocycles. The fourth-order valence-corrected chi connectivity index (χ4v) is 3.41. The molecule has 2 N–H and O–H groups in total. The summed E-state index contributed by atoms with van der Waals surface area (Å²) in [5.74, 6) is 0. The maximum Gasteiger partial charge on any atom is 0.0991 e. The van der Waals surface area contributed by atoms with Crippen molar-refractivity contribution >= 4 is 34.5 Å². The average molecular weight is 282 g/mol. The second kappa shape index (κ2) is 5.21. The Hall–Kier alpha value is 0.160. The zero-order valence-electron chi connectivity index (χ0n) is 8.74. The average Bonchev–Trinajstić information content (AvgIpc) is 2.74. The number of hydrogen-bond donors (Lipinski definition) is 2. The molecule has 0 aromatic carbocycles. The monoisotopic (exact) mass is 281 g/mol. The highest BCUT2D eigenvalue weighted by Crippen LogP contribution is 2.35. The normalized spacial score (nSPS) is 27.2. The summed E-state index contributed by atoms with van der Waals surface area (Å²) < 4.78 is 6.54. The first kappa shape index (κ1) is 12.6. The van der Waals surface area contributed by atoms with E-state index in [1.807, 2.05) is 13.0 Å². The lowest BCUT2D eigenvalue weighted by Crippen LogP contribution is -2.40. The molecule has 1 saturated heterocycles. The number of aliphatic hydroxyl groups excluding tert-OH is 1. The van der Waals surface area contributed by atoms with Crippen LogP contribution in [0.25, 0.3) is 0 Å². The van der Waals surface area contributed by atoms with Crippen LogP contribution in [0.5, 0.6) is 0 Å². The quantitative estimate of drug-likeness (QED) is 0.895. The van der Waals surface area contributed by atoms with E-state index in [4.69, 9.17) is 27.9 Å². The molecule has 1 aromatic rings. The van der Waals surface area contributed by atoms with Crippen LogP contribution in [0.2, 0.25) is 8.67 Å². The highest BCUT2D eigenvalue weighted by atomic mass is 35.5. The Labute approximate surface area is 108 Å². The molecule has 0 aliphatic carbocycles. The highest BCUT2D eigenvalue weighted by Gasteiger charge is 2.28. The smallest absolute Gasteiger partial charge is 0.0991 e. The Balaban J connectivity index is 2.02. The first-order valence-electron chi connectivity index (χ1n) is 5.04.